The monoisotopic (exact) mass is 320 g/mol. The number of rotatable bonds is 6. The number of hydrogen-bond acceptors (Lipinski definition) is 3. The lowest BCUT2D eigenvalue weighted by atomic mass is 10.3. The molecule has 3 nitrogen and oxygen atoms in total. The van der Waals surface area contributed by atoms with E-state index < -0.39 is 0 Å². The zero-order valence-electron chi connectivity index (χ0n) is 9.76. The second kappa shape index (κ2) is 6.89. The van der Waals surface area contributed by atoms with E-state index in [0.29, 0.717) is 23.1 Å². The second-order valence-corrected chi connectivity index (χ2v) is 4.83. The molecule has 0 aliphatic carbocycles. The van der Waals surface area contributed by atoms with Crippen LogP contribution in [0.25, 0.3) is 0 Å². The summed E-state index contributed by atoms with van der Waals surface area (Å²) in [6.45, 7) is 6.18. The lowest BCUT2D eigenvalue weighted by Gasteiger charge is -2.14. The molecule has 0 atom stereocenters. The van der Waals surface area contributed by atoms with Gasteiger partial charge in [0.15, 0.2) is 18.3 Å². The number of benzene rings is 1. The molecule has 5 heteroatoms. The third kappa shape index (κ3) is 4.58. The Morgan fingerprint density at radius 2 is 2.12 bits per heavy atom. The second-order valence-electron chi connectivity index (χ2n) is 3.51. The molecule has 1 aromatic carbocycles. The van der Waals surface area contributed by atoms with Crippen LogP contribution in [-0.2, 0) is 4.74 Å². The molecular formula is C12H14BrClO3. The maximum atomic E-state index is 6.07. The molecule has 0 aromatic heterocycles. The summed E-state index contributed by atoms with van der Waals surface area (Å²) in [4.78, 5) is 0. The zero-order chi connectivity index (χ0) is 12.8. The SMILES string of the molecule is C=C(C)COc1cc(Br)cc(Cl)c1OCOC. The molecule has 0 aliphatic rings. The van der Waals surface area contributed by atoms with E-state index in [9.17, 15) is 0 Å². The molecule has 0 heterocycles. The summed E-state index contributed by atoms with van der Waals surface area (Å²) < 4.78 is 16.6. The van der Waals surface area contributed by atoms with Crippen LogP contribution >= 0.6 is 27.5 Å². The Balaban J connectivity index is 2.93. The molecule has 1 aromatic rings. The first-order valence-electron chi connectivity index (χ1n) is 4.92. The lowest BCUT2D eigenvalue weighted by Crippen LogP contribution is -2.04. The maximum Gasteiger partial charge on any atom is 0.188 e. The van der Waals surface area contributed by atoms with Gasteiger partial charge in [-0.15, -0.1) is 0 Å². The van der Waals surface area contributed by atoms with Gasteiger partial charge in [-0.1, -0.05) is 34.1 Å². The molecule has 0 spiro atoms. The van der Waals surface area contributed by atoms with Gasteiger partial charge in [0.05, 0.1) is 5.02 Å². The van der Waals surface area contributed by atoms with Gasteiger partial charge < -0.3 is 14.2 Å². The van der Waals surface area contributed by atoms with E-state index in [1.54, 1.807) is 19.2 Å². The van der Waals surface area contributed by atoms with Crippen molar-refractivity contribution in [2.45, 2.75) is 6.92 Å². The minimum Gasteiger partial charge on any atom is -0.485 e. The van der Waals surface area contributed by atoms with E-state index in [1.165, 1.54) is 0 Å². The van der Waals surface area contributed by atoms with Crippen LogP contribution in [0.15, 0.2) is 28.8 Å². The minimum atomic E-state index is 0.116. The summed E-state index contributed by atoms with van der Waals surface area (Å²) >= 11 is 9.42. The topological polar surface area (TPSA) is 27.7 Å². The number of hydrogen-bond donors (Lipinski definition) is 0. The number of methoxy groups -OCH3 is 1. The molecule has 0 saturated carbocycles. The van der Waals surface area contributed by atoms with E-state index >= 15 is 0 Å². The Hall–Kier alpha value is -0.710. The Morgan fingerprint density at radius 3 is 2.71 bits per heavy atom. The largest absolute Gasteiger partial charge is 0.485 e. The highest BCUT2D eigenvalue weighted by atomic mass is 79.9. The molecule has 17 heavy (non-hydrogen) atoms. The molecule has 0 unspecified atom stereocenters. The summed E-state index contributed by atoms with van der Waals surface area (Å²) in [6, 6.07) is 3.53. The number of halogens is 2. The normalized spacial score (nSPS) is 10.1. The summed E-state index contributed by atoms with van der Waals surface area (Å²) in [5.74, 6) is 1.03. The molecular weight excluding hydrogens is 307 g/mol. The Morgan fingerprint density at radius 1 is 1.41 bits per heavy atom. The minimum absolute atomic E-state index is 0.116. The third-order valence-electron chi connectivity index (χ3n) is 1.77. The molecule has 0 amide bonds. The molecule has 0 bridgehead atoms. The number of ether oxygens (including phenoxy) is 3. The fraction of sp³-hybridized carbons (Fsp3) is 0.333. The van der Waals surface area contributed by atoms with Crippen LogP contribution in [0.4, 0.5) is 0 Å². The van der Waals surface area contributed by atoms with Crippen LogP contribution in [0.5, 0.6) is 11.5 Å². The average molecular weight is 322 g/mol. The first kappa shape index (κ1) is 14.4. The van der Waals surface area contributed by atoms with Crippen molar-refractivity contribution in [1.29, 1.82) is 0 Å². The molecule has 0 N–H and O–H groups in total. The Kier molecular flexibility index (Phi) is 5.82. The van der Waals surface area contributed by atoms with Gasteiger partial charge in [0.1, 0.15) is 6.61 Å². The smallest absolute Gasteiger partial charge is 0.188 e. The standard InChI is InChI=1S/C12H14BrClO3/c1-8(2)6-16-11-5-9(13)4-10(14)12(11)17-7-15-3/h4-5H,1,6-7H2,2-3H3. The first-order chi connectivity index (χ1) is 8.04. The lowest BCUT2D eigenvalue weighted by molar-refractivity contribution is 0.0489. The molecule has 94 valence electrons. The van der Waals surface area contributed by atoms with Crippen LogP contribution in [-0.4, -0.2) is 20.5 Å². The van der Waals surface area contributed by atoms with Gasteiger partial charge in [-0.05, 0) is 24.6 Å². The van der Waals surface area contributed by atoms with Crippen LogP contribution in [0.2, 0.25) is 5.02 Å². The van der Waals surface area contributed by atoms with Crippen LogP contribution < -0.4 is 9.47 Å². The van der Waals surface area contributed by atoms with Gasteiger partial charge >= 0.3 is 0 Å². The average Bonchev–Trinajstić information content (AvgIpc) is 2.24. The Labute approximate surface area is 114 Å². The van der Waals surface area contributed by atoms with Crippen molar-refractivity contribution in [2.24, 2.45) is 0 Å². The van der Waals surface area contributed by atoms with Gasteiger partial charge in [0, 0.05) is 11.6 Å². The summed E-state index contributed by atoms with van der Waals surface area (Å²) in [5, 5.41) is 0.466. The highest BCUT2D eigenvalue weighted by molar-refractivity contribution is 9.10. The molecule has 1 rings (SSSR count). The van der Waals surface area contributed by atoms with Gasteiger partial charge in [-0.2, -0.15) is 0 Å². The van der Waals surface area contributed by atoms with Gasteiger partial charge in [0.25, 0.3) is 0 Å². The van der Waals surface area contributed by atoms with E-state index in [1.807, 2.05) is 6.92 Å². The maximum absolute atomic E-state index is 6.07. The third-order valence-corrected chi connectivity index (χ3v) is 2.51. The predicted molar refractivity (Wildman–Crippen MR) is 72.0 cm³/mol. The van der Waals surface area contributed by atoms with Crippen LogP contribution in [0.1, 0.15) is 6.92 Å². The highest BCUT2D eigenvalue weighted by Crippen LogP contribution is 2.38. The van der Waals surface area contributed by atoms with Crippen molar-refractivity contribution in [2.75, 3.05) is 20.5 Å². The van der Waals surface area contributed by atoms with Crippen molar-refractivity contribution in [3.05, 3.63) is 33.8 Å². The van der Waals surface area contributed by atoms with Crippen molar-refractivity contribution < 1.29 is 14.2 Å². The summed E-state index contributed by atoms with van der Waals surface area (Å²) in [5.41, 5.74) is 0.916. The fourth-order valence-corrected chi connectivity index (χ4v) is 1.94. The van der Waals surface area contributed by atoms with Gasteiger partial charge in [-0.3, -0.25) is 0 Å². The van der Waals surface area contributed by atoms with Crippen molar-refractivity contribution in [3.8, 4) is 11.5 Å². The molecule has 0 fully saturated rings. The molecule has 0 aliphatic heterocycles. The van der Waals surface area contributed by atoms with Crippen molar-refractivity contribution in [1.82, 2.24) is 0 Å². The van der Waals surface area contributed by atoms with E-state index in [-0.39, 0.29) is 6.79 Å². The van der Waals surface area contributed by atoms with Crippen LogP contribution in [0.3, 0.4) is 0 Å². The zero-order valence-corrected chi connectivity index (χ0v) is 12.1. The van der Waals surface area contributed by atoms with Gasteiger partial charge in [-0.25, -0.2) is 0 Å². The van der Waals surface area contributed by atoms with E-state index in [2.05, 4.69) is 22.5 Å². The van der Waals surface area contributed by atoms with Gasteiger partial charge in [0.2, 0.25) is 0 Å². The van der Waals surface area contributed by atoms with E-state index in [4.69, 9.17) is 25.8 Å². The summed E-state index contributed by atoms with van der Waals surface area (Å²) in [6.07, 6.45) is 0. The van der Waals surface area contributed by atoms with Crippen LogP contribution in [0, 0.1) is 0 Å². The van der Waals surface area contributed by atoms with Crippen molar-refractivity contribution in [3.63, 3.8) is 0 Å². The van der Waals surface area contributed by atoms with E-state index in [0.717, 1.165) is 10.0 Å². The quantitative estimate of drug-likeness (QED) is 0.584. The molecule has 0 saturated heterocycles. The Bertz CT molecular complexity index is 407. The highest BCUT2D eigenvalue weighted by Gasteiger charge is 2.12. The fourth-order valence-electron chi connectivity index (χ4n) is 1.10. The van der Waals surface area contributed by atoms with Crippen molar-refractivity contribution >= 4 is 27.5 Å². The molecule has 0 radical (unpaired) electrons. The summed E-state index contributed by atoms with van der Waals surface area (Å²) in [7, 11) is 1.54. The first-order valence-corrected chi connectivity index (χ1v) is 6.09. The predicted octanol–water partition coefficient (Wildman–Crippen LogP) is 4.04.